The lowest BCUT2D eigenvalue weighted by Crippen LogP contribution is -2.60. The number of carboxylic acid groups (broad SMARTS) is 1. The summed E-state index contributed by atoms with van der Waals surface area (Å²) in [7, 11) is 6.02. The number of nitrogens with zero attached hydrogens (tertiary/aromatic N) is 6. The summed E-state index contributed by atoms with van der Waals surface area (Å²) in [6.07, 6.45) is -0.533. The van der Waals surface area contributed by atoms with Crippen molar-refractivity contribution in [2.45, 2.75) is 168 Å². The van der Waals surface area contributed by atoms with E-state index in [1.54, 1.807) is 70.8 Å². The van der Waals surface area contributed by atoms with Crippen molar-refractivity contribution in [1.29, 1.82) is 0 Å². The zero-order chi connectivity index (χ0) is 61.5. The number of carboxylic acids is 1. The first-order valence-electron chi connectivity index (χ1n) is 28.6. The number of Topliss-reactive ketones (excluding diaryl/α,β-unsaturated/α-hetero) is 2. The second-order valence-electron chi connectivity index (χ2n) is 22.4. The number of carbonyl (C=O) groups excluding carboxylic acids is 8. The number of fused-ring (bicyclic) bond motifs is 9. The second kappa shape index (κ2) is 30.8. The highest BCUT2D eigenvalue weighted by molar-refractivity contribution is 8.00. The molecular formula is C61H81N9O12S2. The van der Waals surface area contributed by atoms with E-state index < -0.39 is 107 Å². The third-order valence-corrected chi connectivity index (χ3v) is 18.0. The monoisotopic (exact) mass is 1200 g/mol. The predicted molar refractivity (Wildman–Crippen MR) is 317 cm³/mol. The molecule has 23 heteroatoms. The van der Waals surface area contributed by atoms with E-state index in [1.807, 2.05) is 68.4 Å². The largest absolute Gasteiger partial charge is 0.480 e. The molecule has 2 aromatic carbocycles. The molecule has 3 heterocycles. The van der Waals surface area contributed by atoms with Crippen molar-refractivity contribution >= 4 is 82.5 Å². The maximum absolute atomic E-state index is 14.8. The van der Waals surface area contributed by atoms with Crippen molar-refractivity contribution in [1.82, 2.24) is 40.3 Å². The molecule has 1 saturated heterocycles. The molecule has 1 aromatic heterocycles. The van der Waals surface area contributed by atoms with Gasteiger partial charge in [-0.2, -0.15) is 9.97 Å². The quantitative estimate of drug-likeness (QED) is 0.0675. The van der Waals surface area contributed by atoms with E-state index in [0.717, 1.165) is 27.1 Å². The Morgan fingerprint density at radius 2 is 1.44 bits per heavy atom. The molecule has 6 bridgehead atoms. The molecule has 6 rings (SSSR count). The topological polar surface area (TPSA) is 277 Å². The van der Waals surface area contributed by atoms with Gasteiger partial charge in [0.15, 0.2) is 22.5 Å². The fourth-order valence-electron chi connectivity index (χ4n) is 11.1. The van der Waals surface area contributed by atoms with E-state index in [-0.39, 0.29) is 72.4 Å². The van der Waals surface area contributed by atoms with Crippen LogP contribution in [0, 0.1) is 23.7 Å². The lowest BCUT2D eigenvalue weighted by Gasteiger charge is -2.41. The number of nitrogens with one attached hydrogen (secondary N) is 3. The van der Waals surface area contributed by atoms with Gasteiger partial charge >= 0.3 is 5.97 Å². The number of hydrogen-bond acceptors (Lipinski definition) is 16. The SMILES string of the molecule is CC[C@H](C)[C@@H]([C@@H](CC(=O)N1CCC[C@H]1[C@H](OC)[C@@H](C)C(=O)N[C@@H](Cc1ccccc1)C(=O)O)OC)N(C)C(=O)[C@@H](NC(=O)[C@H](C(C)C)N(C)C(=O)CCC(=O)Nc1nc2nc(n1)C1C(=O)CC(Sc3cccccc(ccc3)S2)C1=O)C(C)C. The van der Waals surface area contributed by atoms with Gasteiger partial charge in [0.25, 0.3) is 0 Å². The summed E-state index contributed by atoms with van der Waals surface area (Å²) in [5, 5.41) is 17.7. The Morgan fingerprint density at radius 3 is 2.07 bits per heavy atom. The van der Waals surface area contributed by atoms with Crippen LogP contribution in [0.5, 0.6) is 0 Å². The molecule has 2 unspecified atom stereocenters. The average Bonchev–Trinajstić information content (AvgIpc) is 4.28. The molecule has 0 radical (unpaired) electrons. The summed E-state index contributed by atoms with van der Waals surface area (Å²) in [4.78, 5) is 144. The third-order valence-electron chi connectivity index (χ3n) is 15.9. The molecule has 2 fully saturated rings. The normalized spacial score (nSPS) is 19.3. The van der Waals surface area contributed by atoms with E-state index in [0.29, 0.717) is 25.8 Å². The highest BCUT2D eigenvalue weighted by Gasteiger charge is 2.46. The molecule has 6 amide bonds. The van der Waals surface area contributed by atoms with Crippen molar-refractivity contribution in [3.63, 3.8) is 0 Å². The molecule has 454 valence electrons. The van der Waals surface area contributed by atoms with Gasteiger partial charge in [-0.15, -0.1) is 11.8 Å². The van der Waals surface area contributed by atoms with E-state index in [1.165, 1.54) is 42.8 Å². The predicted octanol–water partition coefficient (Wildman–Crippen LogP) is 6.32. The molecule has 3 aromatic rings. The number of thioether (sulfide) groups is 1. The maximum Gasteiger partial charge on any atom is 0.326 e. The summed E-state index contributed by atoms with van der Waals surface area (Å²) in [6, 6.07) is 19.3. The van der Waals surface area contributed by atoms with Crippen molar-refractivity contribution in [2.75, 3.05) is 40.2 Å². The number of likely N-dealkylation sites (tertiary alicyclic amines) is 1. The Balaban J connectivity index is 1.10. The Labute approximate surface area is 500 Å². The van der Waals surface area contributed by atoms with Gasteiger partial charge in [0.2, 0.25) is 41.4 Å². The summed E-state index contributed by atoms with van der Waals surface area (Å²) >= 11 is 2.44. The Bertz CT molecular complexity index is 2930. The fraction of sp³-hybridized carbons (Fsp3) is 0.541. The molecule has 11 atom stereocenters. The van der Waals surface area contributed by atoms with Crippen LogP contribution in [-0.2, 0) is 59.0 Å². The molecule has 1 saturated carbocycles. The summed E-state index contributed by atoms with van der Waals surface area (Å²) in [5.41, 5.74) is 0.747. The highest BCUT2D eigenvalue weighted by atomic mass is 32.2. The molecule has 0 spiro atoms. The van der Waals surface area contributed by atoms with Crippen LogP contribution in [0.25, 0.3) is 0 Å². The van der Waals surface area contributed by atoms with Gasteiger partial charge in [-0.25, -0.2) is 9.78 Å². The number of rotatable bonds is 25. The molecule has 4 N–H and O–H groups in total. The van der Waals surface area contributed by atoms with Gasteiger partial charge in [-0.3, -0.25) is 43.7 Å². The standard InChI is InChI=1S/C61H81N9O12S2/c1-12-36(6)52(44(81-10)33-48(74)70-30-20-27-42(70)54(82-11)37(7)56(76)62-41(59(79)80)31-38-21-15-13-16-22-38)69(9)58(78)50(34(2)3)64-57(77)51(35(4)5)68(8)47(73)29-28-46(72)63-60-65-55-49-43(71)32-45(53(49)75)83-39-23-17-14-18-24-40(26-19-25-39)84-61(66-55)67-60/h13-19,21-26,34-37,41-42,44-45,49-52,54H,12,20,27-33H2,1-11H3,(H,62,76)(H,64,77)(H,79,80)(H,63,65,66,67,72)/t36-,37+,41-,42-,44+,45?,49?,50-,51-,52-,54+/m0/s1. The molecule has 1 aliphatic carbocycles. The van der Waals surface area contributed by atoms with E-state index in [4.69, 9.17) is 9.47 Å². The molecule has 21 nitrogen and oxygen atoms in total. The number of ether oxygens (including phenoxy) is 2. The van der Waals surface area contributed by atoms with Gasteiger partial charge in [-0.1, -0.05) is 109 Å². The van der Waals surface area contributed by atoms with Crippen molar-refractivity contribution in [2.24, 2.45) is 23.7 Å². The van der Waals surface area contributed by atoms with Crippen LogP contribution >= 0.6 is 23.5 Å². The van der Waals surface area contributed by atoms with Gasteiger partial charge < -0.3 is 39.9 Å². The summed E-state index contributed by atoms with van der Waals surface area (Å²) in [6.45, 7) is 13.1. The number of benzene rings is 1. The second-order valence-corrected chi connectivity index (χ2v) is 24.7. The van der Waals surface area contributed by atoms with Crippen LogP contribution < -0.4 is 16.0 Å². The minimum absolute atomic E-state index is 0.0189. The number of hydrogen-bond donors (Lipinski definition) is 4. The zero-order valence-corrected chi connectivity index (χ0v) is 51.4. The maximum atomic E-state index is 14.8. The minimum atomic E-state index is -1.26. The number of aliphatic carboxylic acids is 1. The fourth-order valence-corrected chi connectivity index (χ4v) is 13.1. The first-order chi connectivity index (χ1) is 40.0. The number of methoxy groups -OCH3 is 2. The van der Waals surface area contributed by atoms with Crippen LogP contribution in [0.3, 0.4) is 0 Å². The van der Waals surface area contributed by atoms with Crippen molar-refractivity contribution in [3.8, 4) is 0 Å². The van der Waals surface area contributed by atoms with Crippen LogP contribution in [0.15, 0.2) is 93.8 Å². The smallest absolute Gasteiger partial charge is 0.326 e. The van der Waals surface area contributed by atoms with E-state index in [2.05, 4.69) is 30.9 Å². The number of aromatic nitrogens is 3. The Kier molecular flexibility index (Phi) is 24.3. The Morgan fingerprint density at radius 1 is 0.786 bits per heavy atom. The van der Waals surface area contributed by atoms with Gasteiger partial charge in [0, 0.05) is 70.3 Å². The van der Waals surface area contributed by atoms with Crippen molar-refractivity contribution in [3.05, 3.63) is 90.3 Å². The first-order valence-corrected chi connectivity index (χ1v) is 30.3. The Hall–Kier alpha value is -6.82. The van der Waals surface area contributed by atoms with Crippen LogP contribution in [-0.4, -0.2) is 170 Å². The molecular weight excluding hydrogens is 1110 g/mol. The van der Waals surface area contributed by atoms with Gasteiger partial charge in [0.05, 0.1) is 41.9 Å². The number of anilines is 1. The number of amides is 6. The first kappa shape index (κ1) is 66.3. The zero-order valence-electron chi connectivity index (χ0n) is 49.8. The number of likely N-dealkylation sites (N-methyl/N-ethyl adjacent to an activating group) is 2. The number of ketones is 2. The summed E-state index contributed by atoms with van der Waals surface area (Å²) < 4.78 is 12.0. The molecule has 84 heavy (non-hydrogen) atoms. The van der Waals surface area contributed by atoms with Crippen LogP contribution in [0.4, 0.5) is 5.95 Å². The number of carbonyl (C=O) groups is 9. The van der Waals surface area contributed by atoms with E-state index >= 15 is 0 Å². The lowest BCUT2D eigenvalue weighted by atomic mass is 9.89. The van der Waals surface area contributed by atoms with Gasteiger partial charge in [-0.05, 0) is 72.2 Å². The summed E-state index contributed by atoms with van der Waals surface area (Å²) in [5.74, 6) is -8.32. The van der Waals surface area contributed by atoms with Gasteiger partial charge in [0.1, 0.15) is 24.0 Å². The average molecular weight is 1200 g/mol. The van der Waals surface area contributed by atoms with E-state index in [9.17, 15) is 48.3 Å². The van der Waals surface area contributed by atoms with Crippen LogP contribution in [0.2, 0.25) is 0 Å². The lowest BCUT2D eigenvalue weighted by molar-refractivity contribution is -0.149. The van der Waals surface area contributed by atoms with Crippen LogP contribution in [0.1, 0.15) is 111 Å². The molecule has 2 aliphatic heterocycles. The van der Waals surface area contributed by atoms with Crippen molar-refractivity contribution < 1.29 is 57.7 Å². The highest BCUT2D eigenvalue weighted by Crippen LogP contribution is 2.38. The third kappa shape index (κ3) is 17.0. The molecule has 3 aliphatic rings. The minimum Gasteiger partial charge on any atom is -0.480 e.